The molecule has 4 unspecified atom stereocenters. The SMILES string of the molecule is CC1CC1CN1CCC2C(C1)c1cccc3c1N2c1ccccc1CC3. The maximum atomic E-state index is 2.77. The summed E-state index contributed by atoms with van der Waals surface area (Å²) in [7, 11) is 0. The first-order valence-electron chi connectivity index (χ1n) is 10.5. The third-order valence-electron chi connectivity index (χ3n) is 7.47. The van der Waals surface area contributed by atoms with E-state index in [1.54, 1.807) is 16.8 Å². The Morgan fingerprint density at radius 2 is 1.81 bits per heavy atom. The normalized spacial score (nSPS) is 31.8. The van der Waals surface area contributed by atoms with Gasteiger partial charge in [-0.15, -0.1) is 0 Å². The van der Waals surface area contributed by atoms with Crippen molar-refractivity contribution in [2.45, 2.75) is 44.6 Å². The van der Waals surface area contributed by atoms with E-state index in [0.29, 0.717) is 12.0 Å². The Morgan fingerprint density at radius 3 is 2.69 bits per heavy atom. The Balaban J connectivity index is 1.41. The van der Waals surface area contributed by atoms with Crippen LogP contribution in [0.3, 0.4) is 0 Å². The molecule has 134 valence electrons. The largest absolute Gasteiger partial charge is 0.337 e. The van der Waals surface area contributed by atoms with Gasteiger partial charge in [-0.2, -0.15) is 0 Å². The number of benzene rings is 2. The van der Waals surface area contributed by atoms with Crippen molar-refractivity contribution in [3.8, 4) is 0 Å². The molecule has 1 saturated carbocycles. The summed E-state index contributed by atoms with van der Waals surface area (Å²) < 4.78 is 0. The van der Waals surface area contributed by atoms with E-state index in [9.17, 15) is 0 Å². The molecule has 6 rings (SSSR count). The van der Waals surface area contributed by atoms with E-state index in [0.717, 1.165) is 11.8 Å². The molecule has 2 aromatic carbocycles. The molecule has 1 aliphatic carbocycles. The summed E-state index contributed by atoms with van der Waals surface area (Å²) in [6, 6.07) is 16.9. The van der Waals surface area contributed by atoms with E-state index in [1.807, 2.05) is 0 Å². The molecule has 0 aromatic heterocycles. The number of likely N-dealkylation sites (tertiary alicyclic amines) is 1. The van der Waals surface area contributed by atoms with Crippen LogP contribution in [0.25, 0.3) is 0 Å². The molecule has 3 aliphatic heterocycles. The number of piperidine rings is 1. The van der Waals surface area contributed by atoms with Gasteiger partial charge in [-0.3, -0.25) is 0 Å². The molecule has 0 amide bonds. The van der Waals surface area contributed by atoms with Gasteiger partial charge in [0.05, 0.1) is 0 Å². The molecule has 4 atom stereocenters. The van der Waals surface area contributed by atoms with Crippen LogP contribution >= 0.6 is 0 Å². The minimum absolute atomic E-state index is 0.651. The Kier molecular flexibility index (Phi) is 3.29. The summed E-state index contributed by atoms with van der Waals surface area (Å²) in [6.07, 6.45) is 5.10. The minimum Gasteiger partial charge on any atom is -0.337 e. The lowest BCUT2D eigenvalue weighted by molar-refractivity contribution is 0.187. The van der Waals surface area contributed by atoms with Gasteiger partial charge in [0.1, 0.15) is 0 Å². The van der Waals surface area contributed by atoms with Gasteiger partial charge >= 0.3 is 0 Å². The van der Waals surface area contributed by atoms with Crippen molar-refractivity contribution in [2.24, 2.45) is 11.8 Å². The van der Waals surface area contributed by atoms with E-state index < -0.39 is 0 Å². The van der Waals surface area contributed by atoms with Crippen LogP contribution in [0.5, 0.6) is 0 Å². The van der Waals surface area contributed by atoms with Crippen LogP contribution in [0, 0.1) is 11.8 Å². The van der Waals surface area contributed by atoms with Crippen LogP contribution in [0.15, 0.2) is 42.5 Å². The van der Waals surface area contributed by atoms with Gasteiger partial charge in [0.15, 0.2) is 0 Å². The average Bonchev–Trinajstić information content (AvgIpc) is 3.30. The fraction of sp³-hybridized carbons (Fsp3) is 0.500. The number of rotatable bonds is 2. The Hall–Kier alpha value is -1.80. The van der Waals surface area contributed by atoms with Crippen molar-refractivity contribution >= 4 is 11.4 Å². The molecule has 2 heteroatoms. The molecule has 2 aromatic rings. The number of nitrogens with zero attached hydrogens (tertiary/aromatic N) is 2. The number of aryl methyl sites for hydroxylation is 2. The second-order valence-corrected chi connectivity index (χ2v) is 9.05. The predicted octanol–water partition coefficient (Wildman–Crippen LogP) is 4.75. The monoisotopic (exact) mass is 344 g/mol. The number of hydrogen-bond donors (Lipinski definition) is 0. The second kappa shape index (κ2) is 5.60. The van der Waals surface area contributed by atoms with Gasteiger partial charge < -0.3 is 9.80 Å². The topological polar surface area (TPSA) is 6.48 Å². The van der Waals surface area contributed by atoms with Crippen molar-refractivity contribution in [2.75, 3.05) is 24.5 Å². The first kappa shape index (κ1) is 15.3. The quantitative estimate of drug-likeness (QED) is 0.776. The zero-order valence-electron chi connectivity index (χ0n) is 15.7. The maximum Gasteiger partial charge on any atom is 0.0483 e. The summed E-state index contributed by atoms with van der Waals surface area (Å²) >= 11 is 0. The van der Waals surface area contributed by atoms with E-state index in [4.69, 9.17) is 0 Å². The maximum absolute atomic E-state index is 2.77. The molecule has 0 bridgehead atoms. The van der Waals surface area contributed by atoms with Gasteiger partial charge in [-0.05, 0) is 60.3 Å². The fourth-order valence-corrected chi connectivity index (χ4v) is 5.87. The van der Waals surface area contributed by atoms with E-state index in [2.05, 4.69) is 59.2 Å². The van der Waals surface area contributed by atoms with E-state index in [1.165, 1.54) is 56.6 Å². The predicted molar refractivity (Wildman–Crippen MR) is 107 cm³/mol. The third kappa shape index (κ3) is 2.21. The second-order valence-electron chi connectivity index (χ2n) is 9.05. The van der Waals surface area contributed by atoms with Crippen LogP contribution in [-0.2, 0) is 12.8 Å². The summed E-state index contributed by atoms with van der Waals surface area (Å²) in [4.78, 5) is 5.52. The lowest BCUT2D eigenvalue weighted by Crippen LogP contribution is -2.45. The molecular formula is C24H28N2. The van der Waals surface area contributed by atoms with Gasteiger partial charge in [-0.1, -0.05) is 43.3 Å². The molecule has 0 N–H and O–H groups in total. The minimum atomic E-state index is 0.651. The van der Waals surface area contributed by atoms with Crippen molar-refractivity contribution in [3.63, 3.8) is 0 Å². The van der Waals surface area contributed by atoms with Crippen LogP contribution in [0.2, 0.25) is 0 Å². The molecule has 0 radical (unpaired) electrons. The van der Waals surface area contributed by atoms with E-state index in [-0.39, 0.29) is 0 Å². The van der Waals surface area contributed by atoms with Gasteiger partial charge in [0.25, 0.3) is 0 Å². The van der Waals surface area contributed by atoms with Gasteiger partial charge in [-0.25, -0.2) is 0 Å². The van der Waals surface area contributed by atoms with E-state index >= 15 is 0 Å². The first-order chi connectivity index (χ1) is 12.8. The highest BCUT2D eigenvalue weighted by molar-refractivity contribution is 5.79. The molecule has 26 heavy (non-hydrogen) atoms. The summed E-state index contributed by atoms with van der Waals surface area (Å²) in [5.74, 6) is 2.61. The number of fused-ring (bicyclic) bond motifs is 5. The summed E-state index contributed by atoms with van der Waals surface area (Å²) in [6.45, 7) is 6.27. The van der Waals surface area contributed by atoms with Crippen LogP contribution < -0.4 is 4.90 Å². The highest BCUT2D eigenvalue weighted by Crippen LogP contribution is 2.52. The average molecular weight is 345 g/mol. The van der Waals surface area contributed by atoms with Crippen LogP contribution in [-0.4, -0.2) is 30.6 Å². The first-order valence-corrected chi connectivity index (χ1v) is 10.5. The van der Waals surface area contributed by atoms with Crippen molar-refractivity contribution in [1.82, 2.24) is 4.90 Å². The fourth-order valence-electron chi connectivity index (χ4n) is 5.87. The Bertz CT molecular complexity index is 857. The highest BCUT2D eigenvalue weighted by Gasteiger charge is 2.45. The summed E-state index contributed by atoms with van der Waals surface area (Å²) in [5.41, 5.74) is 7.77. The molecule has 2 fully saturated rings. The number of para-hydroxylation sites is 2. The highest BCUT2D eigenvalue weighted by atomic mass is 15.2. The number of hydrogen-bond acceptors (Lipinski definition) is 2. The van der Waals surface area contributed by atoms with Crippen molar-refractivity contribution in [1.29, 1.82) is 0 Å². The van der Waals surface area contributed by atoms with Gasteiger partial charge in [0, 0.05) is 43.0 Å². The lowest BCUT2D eigenvalue weighted by atomic mass is 9.87. The molecule has 3 heterocycles. The standard InChI is InChI=1S/C24H28N2/c1-16-13-19(16)14-25-12-11-23-21(15-25)20-7-4-6-18-10-9-17-5-2-3-8-22(17)26(23)24(18)20/h2-8,16,19,21,23H,9-15H2,1H3. The van der Waals surface area contributed by atoms with Crippen molar-refractivity contribution in [3.05, 3.63) is 59.2 Å². The summed E-state index contributed by atoms with van der Waals surface area (Å²) in [5, 5.41) is 0. The van der Waals surface area contributed by atoms with Crippen LogP contribution in [0.1, 0.15) is 42.4 Å². The lowest BCUT2D eigenvalue weighted by Gasteiger charge is -2.39. The third-order valence-corrected chi connectivity index (χ3v) is 7.47. The van der Waals surface area contributed by atoms with Crippen LogP contribution in [0.4, 0.5) is 11.4 Å². The molecular weight excluding hydrogens is 316 g/mol. The zero-order chi connectivity index (χ0) is 17.3. The molecule has 0 spiro atoms. The zero-order valence-corrected chi connectivity index (χ0v) is 15.7. The van der Waals surface area contributed by atoms with Gasteiger partial charge in [0.2, 0.25) is 0 Å². The molecule has 4 aliphatic rings. The molecule has 2 nitrogen and oxygen atoms in total. The Morgan fingerprint density at radius 1 is 1.00 bits per heavy atom. The Labute approximate surface area is 156 Å². The number of anilines is 2. The van der Waals surface area contributed by atoms with Crippen molar-refractivity contribution < 1.29 is 0 Å². The smallest absolute Gasteiger partial charge is 0.0483 e. The molecule has 1 saturated heterocycles.